The Kier molecular flexibility index (Phi) is 4.91. The van der Waals surface area contributed by atoms with Gasteiger partial charge in [0.25, 0.3) is 5.91 Å². The summed E-state index contributed by atoms with van der Waals surface area (Å²) >= 11 is 5.97. The van der Waals surface area contributed by atoms with Crippen LogP contribution in [0.25, 0.3) is 16.8 Å². The molecule has 0 aliphatic carbocycles. The smallest absolute Gasteiger partial charge is 0.255 e. The zero-order valence-corrected chi connectivity index (χ0v) is 15.9. The van der Waals surface area contributed by atoms with Gasteiger partial charge < -0.3 is 5.32 Å². The Morgan fingerprint density at radius 3 is 2.71 bits per heavy atom. The predicted octanol–water partition coefficient (Wildman–Crippen LogP) is 5.15. The van der Waals surface area contributed by atoms with E-state index in [2.05, 4.69) is 15.4 Å². The first kappa shape index (κ1) is 17.9. The molecule has 0 saturated carbocycles. The zero-order valence-electron chi connectivity index (χ0n) is 15.1. The largest absolute Gasteiger partial charge is 0.322 e. The van der Waals surface area contributed by atoms with Crippen molar-refractivity contribution < 1.29 is 4.79 Å². The number of rotatable bonds is 4. The van der Waals surface area contributed by atoms with E-state index < -0.39 is 0 Å². The van der Waals surface area contributed by atoms with E-state index >= 15 is 0 Å². The molecule has 1 N–H and O–H groups in total. The van der Waals surface area contributed by atoms with E-state index in [4.69, 9.17) is 11.6 Å². The number of hydrogen-bond donors (Lipinski definition) is 1. The van der Waals surface area contributed by atoms with E-state index in [0.717, 1.165) is 22.4 Å². The molecule has 28 heavy (non-hydrogen) atoms. The molecule has 0 saturated heterocycles. The van der Waals surface area contributed by atoms with Crippen LogP contribution < -0.4 is 5.32 Å². The summed E-state index contributed by atoms with van der Waals surface area (Å²) in [6.07, 6.45) is 7.29. The lowest BCUT2D eigenvalue weighted by molar-refractivity contribution is 0.102. The second-order valence-electron chi connectivity index (χ2n) is 6.38. The van der Waals surface area contributed by atoms with Crippen molar-refractivity contribution in [2.24, 2.45) is 0 Å². The number of anilines is 1. The van der Waals surface area contributed by atoms with Crippen LogP contribution in [0.2, 0.25) is 5.02 Å². The van der Waals surface area contributed by atoms with Crippen LogP contribution in [0.3, 0.4) is 0 Å². The zero-order chi connectivity index (χ0) is 19.5. The Bertz CT molecular complexity index is 1140. The Labute approximate surface area is 167 Å². The van der Waals surface area contributed by atoms with Gasteiger partial charge in [-0.25, -0.2) is 4.68 Å². The minimum Gasteiger partial charge on any atom is -0.322 e. The average Bonchev–Trinajstić information content (AvgIpc) is 3.20. The van der Waals surface area contributed by atoms with E-state index in [1.807, 2.05) is 43.5 Å². The fourth-order valence-electron chi connectivity index (χ4n) is 2.90. The molecule has 0 unspecified atom stereocenters. The van der Waals surface area contributed by atoms with Crippen molar-refractivity contribution in [2.75, 3.05) is 5.32 Å². The summed E-state index contributed by atoms with van der Waals surface area (Å²) in [7, 11) is 0. The van der Waals surface area contributed by atoms with Gasteiger partial charge in [-0.05, 0) is 48.9 Å². The van der Waals surface area contributed by atoms with Crippen LogP contribution in [0.1, 0.15) is 15.9 Å². The van der Waals surface area contributed by atoms with E-state index in [1.165, 1.54) is 0 Å². The van der Waals surface area contributed by atoms with Crippen LogP contribution in [0.5, 0.6) is 0 Å². The number of amides is 1. The number of carbonyl (C=O) groups is 1. The Hall–Kier alpha value is -3.44. The molecule has 2 aromatic heterocycles. The number of nitrogens with zero attached hydrogens (tertiary/aromatic N) is 3. The summed E-state index contributed by atoms with van der Waals surface area (Å²) in [5, 5.41) is 7.91. The van der Waals surface area contributed by atoms with Crippen molar-refractivity contribution in [2.45, 2.75) is 6.92 Å². The summed E-state index contributed by atoms with van der Waals surface area (Å²) in [4.78, 5) is 16.6. The van der Waals surface area contributed by atoms with Gasteiger partial charge in [0.15, 0.2) is 0 Å². The van der Waals surface area contributed by atoms with Crippen LogP contribution in [-0.4, -0.2) is 20.7 Å². The molecule has 0 aliphatic heterocycles. The van der Waals surface area contributed by atoms with Gasteiger partial charge in [-0.3, -0.25) is 9.78 Å². The van der Waals surface area contributed by atoms with Crippen LogP contribution >= 0.6 is 11.6 Å². The number of aromatic nitrogens is 3. The first-order valence-electron chi connectivity index (χ1n) is 8.73. The Morgan fingerprint density at radius 1 is 1.04 bits per heavy atom. The minimum absolute atomic E-state index is 0.214. The van der Waals surface area contributed by atoms with Crippen molar-refractivity contribution in [3.8, 4) is 16.8 Å². The topological polar surface area (TPSA) is 59.8 Å². The number of pyridine rings is 1. The summed E-state index contributed by atoms with van der Waals surface area (Å²) in [5.74, 6) is -0.214. The lowest BCUT2D eigenvalue weighted by atomic mass is 10.1. The predicted molar refractivity (Wildman–Crippen MR) is 111 cm³/mol. The number of halogens is 1. The van der Waals surface area contributed by atoms with E-state index in [-0.39, 0.29) is 5.91 Å². The van der Waals surface area contributed by atoms with E-state index in [1.54, 1.807) is 47.5 Å². The minimum atomic E-state index is -0.214. The second-order valence-corrected chi connectivity index (χ2v) is 6.82. The van der Waals surface area contributed by atoms with Gasteiger partial charge in [0.05, 0.1) is 11.9 Å². The highest BCUT2D eigenvalue weighted by Gasteiger charge is 2.10. The normalized spacial score (nSPS) is 10.6. The highest BCUT2D eigenvalue weighted by molar-refractivity contribution is 6.31. The highest BCUT2D eigenvalue weighted by atomic mass is 35.5. The molecule has 4 aromatic rings. The summed E-state index contributed by atoms with van der Waals surface area (Å²) in [6, 6.07) is 16.5. The number of aryl methyl sites for hydroxylation is 1. The molecule has 0 atom stereocenters. The lowest BCUT2D eigenvalue weighted by Crippen LogP contribution is -2.12. The molecule has 4 rings (SSSR count). The molecule has 5 nitrogen and oxygen atoms in total. The monoisotopic (exact) mass is 388 g/mol. The van der Waals surface area contributed by atoms with Gasteiger partial charge >= 0.3 is 0 Å². The quantitative estimate of drug-likeness (QED) is 0.526. The van der Waals surface area contributed by atoms with Gasteiger partial charge in [-0.2, -0.15) is 5.10 Å². The van der Waals surface area contributed by atoms with Crippen LogP contribution in [0.15, 0.2) is 79.4 Å². The molecule has 0 fully saturated rings. The van der Waals surface area contributed by atoms with Gasteiger partial charge in [-0.15, -0.1) is 0 Å². The molecule has 0 aliphatic rings. The van der Waals surface area contributed by atoms with Crippen molar-refractivity contribution in [1.82, 2.24) is 14.8 Å². The summed E-state index contributed by atoms with van der Waals surface area (Å²) in [6.45, 7) is 2.00. The number of hydrogen-bond acceptors (Lipinski definition) is 3. The molecular weight excluding hydrogens is 372 g/mol. The van der Waals surface area contributed by atoms with Crippen LogP contribution in [0.4, 0.5) is 5.69 Å². The third-order valence-corrected chi connectivity index (χ3v) is 4.61. The van der Waals surface area contributed by atoms with Crippen molar-refractivity contribution >= 4 is 23.2 Å². The first-order chi connectivity index (χ1) is 13.6. The fraction of sp³-hybridized carbons (Fsp3) is 0.0455. The maximum absolute atomic E-state index is 12.5. The molecule has 0 radical (unpaired) electrons. The molecule has 2 aromatic carbocycles. The SMILES string of the molecule is Cc1ccc(NC(=O)c2cccc(Cl)c2)cc1-n1cc(-c2cccnc2)cn1. The van der Waals surface area contributed by atoms with Crippen molar-refractivity contribution in [1.29, 1.82) is 0 Å². The fourth-order valence-corrected chi connectivity index (χ4v) is 3.09. The summed E-state index contributed by atoms with van der Waals surface area (Å²) in [5.41, 5.74) is 5.09. The molecule has 1 amide bonds. The molecule has 0 bridgehead atoms. The van der Waals surface area contributed by atoms with E-state index in [0.29, 0.717) is 16.3 Å². The lowest BCUT2D eigenvalue weighted by Gasteiger charge is -2.10. The standard InChI is InChI=1S/C22H17ClN4O/c1-15-7-8-20(26-22(28)16-4-2-6-19(23)10-16)11-21(15)27-14-18(13-25-27)17-5-3-9-24-12-17/h2-14H,1H3,(H,26,28). The van der Waals surface area contributed by atoms with Crippen molar-refractivity contribution in [3.63, 3.8) is 0 Å². The molecular formula is C22H17ClN4O. The second kappa shape index (κ2) is 7.66. The highest BCUT2D eigenvalue weighted by Crippen LogP contribution is 2.23. The third-order valence-electron chi connectivity index (χ3n) is 4.38. The Balaban J connectivity index is 1.61. The third kappa shape index (κ3) is 3.80. The van der Waals surface area contributed by atoms with E-state index in [9.17, 15) is 4.79 Å². The number of benzene rings is 2. The molecule has 0 spiro atoms. The number of carbonyl (C=O) groups excluding carboxylic acids is 1. The maximum Gasteiger partial charge on any atom is 0.255 e. The van der Waals surface area contributed by atoms with Crippen LogP contribution in [0, 0.1) is 6.92 Å². The first-order valence-corrected chi connectivity index (χ1v) is 9.11. The van der Waals surface area contributed by atoms with Gasteiger partial charge in [0, 0.05) is 46.0 Å². The van der Waals surface area contributed by atoms with Crippen LogP contribution in [-0.2, 0) is 0 Å². The molecule has 138 valence electrons. The molecule has 6 heteroatoms. The van der Waals surface area contributed by atoms with Gasteiger partial charge in [0.1, 0.15) is 0 Å². The van der Waals surface area contributed by atoms with Gasteiger partial charge in [0.2, 0.25) is 0 Å². The van der Waals surface area contributed by atoms with Gasteiger partial charge in [-0.1, -0.05) is 29.8 Å². The number of nitrogens with one attached hydrogen (secondary N) is 1. The maximum atomic E-state index is 12.5. The molecule has 2 heterocycles. The summed E-state index contributed by atoms with van der Waals surface area (Å²) < 4.78 is 1.80. The van der Waals surface area contributed by atoms with Crippen molar-refractivity contribution in [3.05, 3.63) is 95.5 Å². The Morgan fingerprint density at radius 2 is 1.93 bits per heavy atom. The average molecular weight is 389 g/mol.